The Morgan fingerprint density at radius 1 is 0.744 bits per heavy atom. The van der Waals surface area contributed by atoms with Crippen molar-refractivity contribution in [2.75, 3.05) is 26.2 Å². The van der Waals surface area contributed by atoms with Gasteiger partial charge in [-0.2, -0.15) is 8.42 Å². The number of nitrogens with zero attached hydrogens (tertiary/aromatic N) is 4. The molecule has 0 spiro atoms. The molecule has 15 heteroatoms. The Balaban J connectivity index is 1.33. The maximum absolute atomic E-state index is 10.6. The Kier molecular flexibility index (Phi) is 10.5. The first-order valence-corrected chi connectivity index (χ1v) is 15.9. The Labute approximate surface area is 255 Å². The van der Waals surface area contributed by atoms with Crippen molar-refractivity contribution >= 4 is 10.4 Å². The summed E-state index contributed by atoms with van der Waals surface area (Å²) in [6.07, 6.45) is 8.47. The van der Waals surface area contributed by atoms with Crippen LogP contribution in [0.2, 0.25) is 0 Å². The number of hydrogen-bond donors (Lipinski definition) is 7. The fraction of sp³-hybridized carbons (Fsp3) is 0.571. The number of benzene rings is 1. The fourth-order valence-corrected chi connectivity index (χ4v) is 4.97. The fourth-order valence-electron chi connectivity index (χ4n) is 4.64. The molecule has 0 unspecified atom stereocenters. The molecule has 43 heavy (non-hydrogen) atoms. The van der Waals surface area contributed by atoms with Crippen molar-refractivity contribution in [2.45, 2.75) is 78.4 Å². The average molecular weight is 621 g/mol. The first-order chi connectivity index (χ1) is 20.1. The van der Waals surface area contributed by atoms with Crippen LogP contribution in [0.15, 0.2) is 60.0 Å². The Morgan fingerprint density at radius 3 is 1.72 bits per heavy atom. The van der Waals surface area contributed by atoms with E-state index >= 15 is 0 Å². The number of rotatable bonds is 14. The lowest BCUT2D eigenvalue weighted by Gasteiger charge is -2.30. The van der Waals surface area contributed by atoms with Gasteiger partial charge >= 0.3 is 10.4 Å². The first-order valence-electron chi connectivity index (χ1n) is 14.6. The molecule has 0 saturated carbocycles. The van der Waals surface area contributed by atoms with E-state index in [1.807, 2.05) is 5.01 Å². The molecule has 0 amide bonds. The molecule has 14 nitrogen and oxygen atoms in total. The summed E-state index contributed by atoms with van der Waals surface area (Å²) in [4.78, 5) is 2.36. The Hall–Kier alpha value is -3.05. The van der Waals surface area contributed by atoms with E-state index in [1.54, 1.807) is 0 Å². The number of hydrazine groups is 6. The predicted molar refractivity (Wildman–Crippen MR) is 165 cm³/mol. The zero-order valence-corrected chi connectivity index (χ0v) is 26.9. The Morgan fingerprint density at radius 2 is 1.23 bits per heavy atom. The van der Waals surface area contributed by atoms with Crippen molar-refractivity contribution in [3.05, 3.63) is 71.1 Å². The highest BCUT2D eigenvalue weighted by molar-refractivity contribution is 7.80. The van der Waals surface area contributed by atoms with Crippen LogP contribution in [-0.2, 0) is 27.5 Å². The van der Waals surface area contributed by atoms with Gasteiger partial charge in [0.15, 0.2) is 0 Å². The van der Waals surface area contributed by atoms with Crippen molar-refractivity contribution < 1.29 is 17.2 Å². The van der Waals surface area contributed by atoms with Crippen molar-refractivity contribution in [3.63, 3.8) is 0 Å². The van der Waals surface area contributed by atoms with Gasteiger partial charge in [-0.3, -0.25) is 24.5 Å². The number of nitrogens with one attached hydrogen (secondary N) is 6. The van der Waals surface area contributed by atoms with Crippen molar-refractivity contribution in [1.29, 1.82) is 0 Å². The van der Waals surface area contributed by atoms with E-state index in [9.17, 15) is 8.42 Å². The second kappa shape index (κ2) is 13.7. The highest BCUT2D eigenvalue weighted by Gasteiger charge is 2.27. The monoisotopic (exact) mass is 620 g/mol. The molecule has 1 aromatic rings. The molecule has 240 valence electrons. The van der Waals surface area contributed by atoms with Gasteiger partial charge in [0.1, 0.15) is 0 Å². The van der Waals surface area contributed by atoms with Crippen molar-refractivity contribution in [2.24, 2.45) is 0 Å². The number of aryl methyl sites for hydroxylation is 1. The lowest BCUT2D eigenvalue weighted by atomic mass is 10.1. The highest BCUT2D eigenvalue weighted by atomic mass is 32.3. The van der Waals surface area contributed by atoms with Gasteiger partial charge in [-0.25, -0.2) is 4.18 Å². The van der Waals surface area contributed by atoms with Crippen LogP contribution in [0.4, 0.5) is 0 Å². The van der Waals surface area contributed by atoms with Gasteiger partial charge in [0.05, 0.1) is 30.2 Å². The summed E-state index contributed by atoms with van der Waals surface area (Å²) in [5.41, 5.74) is 25.2. The zero-order valence-electron chi connectivity index (χ0n) is 26.1. The van der Waals surface area contributed by atoms with Crippen LogP contribution in [0.5, 0.6) is 0 Å². The van der Waals surface area contributed by atoms with Gasteiger partial charge in [-0.1, -0.05) is 24.3 Å². The average Bonchev–Trinajstić information content (AvgIpc) is 3.65. The smallest absolute Gasteiger partial charge is 0.305 e. The molecule has 0 atom stereocenters. The van der Waals surface area contributed by atoms with E-state index in [2.05, 4.69) is 136 Å². The minimum Gasteiger partial charge on any atom is -0.305 e. The summed E-state index contributed by atoms with van der Waals surface area (Å²) in [7, 11) is -4.36. The topological polar surface area (TPSA) is 149 Å². The van der Waals surface area contributed by atoms with Gasteiger partial charge in [-0.05, 0) is 71.9 Å². The van der Waals surface area contributed by atoms with E-state index in [-0.39, 0.29) is 17.7 Å². The van der Waals surface area contributed by atoms with Crippen LogP contribution in [0.25, 0.3) is 0 Å². The summed E-state index contributed by atoms with van der Waals surface area (Å²) < 4.78 is 34.3. The van der Waals surface area contributed by atoms with E-state index in [0.717, 1.165) is 48.6 Å². The van der Waals surface area contributed by atoms with Crippen LogP contribution >= 0.6 is 0 Å². The molecule has 0 bridgehead atoms. The van der Waals surface area contributed by atoms with Crippen molar-refractivity contribution in [1.82, 2.24) is 52.8 Å². The molecule has 0 fully saturated rings. The summed E-state index contributed by atoms with van der Waals surface area (Å²) in [5, 5.41) is 6.19. The summed E-state index contributed by atoms with van der Waals surface area (Å²) >= 11 is 0. The molecule has 3 aliphatic rings. The molecule has 0 aliphatic carbocycles. The van der Waals surface area contributed by atoms with Crippen LogP contribution in [-0.4, -0.2) is 70.2 Å². The largest absolute Gasteiger partial charge is 0.397 e. The SMILES string of the molecule is CC(C)(C)N1C=C(CN(CC2=CN(Cc3ccc(CCCCOS(=O)(=O)O)cc3)NN2)CC2=CN(C(C)(C)C)NN2)NN1. The molecule has 1 aromatic carbocycles. The molecular weight excluding hydrogens is 572 g/mol. The third kappa shape index (κ3) is 10.6. The third-order valence-corrected chi connectivity index (χ3v) is 7.48. The van der Waals surface area contributed by atoms with E-state index < -0.39 is 10.4 Å². The molecule has 7 N–H and O–H groups in total. The van der Waals surface area contributed by atoms with E-state index in [1.165, 1.54) is 5.56 Å². The van der Waals surface area contributed by atoms with Crippen LogP contribution in [0.3, 0.4) is 0 Å². The number of hydrogen-bond acceptors (Lipinski definition) is 13. The van der Waals surface area contributed by atoms with Gasteiger partial charge < -0.3 is 16.3 Å². The highest BCUT2D eigenvalue weighted by Crippen LogP contribution is 2.19. The quantitative estimate of drug-likeness (QED) is 0.120. The molecule has 0 aromatic heterocycles. The van der Waals surface area contributed by atoms with Crippen molar-refractivity contribution in [3.8, 4) is 0 Å². The molecule has 3 heterocycles. The van der Waals surface area contributed by atoms with Gasteiger partial charge in [-0.15, -0.1) is 16.6 Å². The van der Waals surface area contributed by atoms with Gasteiger partial charge in [0.2, 0.25) is 0 Å². The van der Waals surface area contributed by atoms with Gasteiger partial charge in [0, 0.05) is 49.3 Å². The van der Waals surface area contributed by atoms with E-state index in [4.69, 9.17) is 4.55 Å². The minimum atomic E-state index is -4.36. The predicted octanol–water partition coefficient (Wildman–Crippen LogP) is 1.73. The maximum atomic E-state index is 10.6. The second-order valence-corrected chi connectivity index (χ2v) is 14.1. The minimum absolute atomic E-state index is 0.0165. The summed E-state index contributed by atoms with van der Waals surface area (Å²) in [5.74, 6) is 0. The second-order valence-electron chi connectivity index (χ2n) is 13.1. The molecular formula is C28H48N10O4S. The standard InChI is InChI=1S/C28H48N10O4S/c1-27(2,3)37-20-25(30-33-37)17-35(18-26-21-38(34-31-26)28(4,5)6)16-24-19-36(32-29-24)15-23-12-10-22(11-13-23)9-7-8-14-42-43(39,40)41/h10-13,19-21,29-34H,7-9,14-18H2,1-6H3,(H,39,40,41). The van der Waals surface area contributed by atoms with E-state index in [0.29, 0.717) is 19.5 Å². The summed E-state index contributed by atoms with van der Waals surface area (Å²) in [6.45, 7) is 15.8. The molecule has 4 rings (SSSR count). The molecule has 3 aliphatic heterocycles. The van der Waals surface area contributed by atoms with Crippen LogP contribution in [0, 0.1) is 0 Å². The van der Waals surface area contributed by atoms with Crippen LogP contribution in [0.1, 0.15) is 65.5 Å². The zero-order chi connectivity index (χ0) is 31.3. The van der Waals surface area contributed by atoms with Crippen LogP contribution < -0.4 is 32.9 Å². The lowest BCUT2D eigenvalue weighted by Crippen LogP contribution is -2.48. The molecule has 0 radical (unpaired) electrons. The summed E-state index contributed by atoms with van der Waals surface area (Å²) in [6, 6.07) is 8.37. The van der Waals surface area contributed by atoms with Gasteiger partial charge in [0.25, 0.3) is 0 Å². The number of unbranched alkanes of at least 4 members (excludes halogenated alkanes) is 1. The first kappa shape index (κ1) is 32.9. The normalized spacial score (nSPS) is 17.6. The maximum Gasteiger partial charge on any atom is 0.397 e. The lowest BCUT2D eigenvalue weighted by molar-refractivity contribution is 0.137. The molecule has 0 saturated heterocycles. The Bertz CT molecular complexity index is 1240. The third-order valence-electron chi connectivity index (χ3n) is 7.01.